The van der Waals surface area contributed by atoms with E-state index in [0.29, 0.717) is 0 Å². The van der Waals surface area contributed by atoms with Crippen LogP contribution in [0.3, 0.4) is 0 Å². The van der Waals surface area contributed by atoms with E-state index in [0.717, 1.165) is 6.42 Å². The van der Waals surface area contributed by atoms with Crippen molar-refractivity contribution in [3.05, 3.63) is 12.2 Å². The molecule has 158 valence electrons. The van der Waals surface area contributed by atoms with Gasteiger partial charge in [-0.25, -0.2) is 0 Å². The van der Waals surface area contributed by atoms with Crippen LogP contribution in [0.1, 0.15) is 41.0 Å². The number of fused-ring (bicyclic) bond motifs is 1. The van der Waals surface area contributed by atoms with Gasteiger partial charge in [-0.05, 0) is 25.7 Å². The number of hydrogen-bond donors (Lipinski definition) is 3. The van der Waals surface area contributed by atoms with E-state index >= 15 is 0 Å². The van der Waals surface area contributed by atoms with Gasteiger partial charge in [0.2, 0.25) is 17.7 Å². The van der Waals surface area contributed by atoms with Crippen molar-refractivity contribution < 1.29 is 19.5 Å². The quantitative estimate of drug-likeness (QED) is 0.561. The normalized spacial score (nSPS) is 31.5. The number of nitrogens with one attached hydrogen (secondary N) is 2. The summed E-state index contributed by atoms with van der Waals surface area (Å²) in [4.78, 5) is 40.8. The summed E-state index contributed by atoms with van der Waals surface area (Å²) in [5.74, 6) is -2.20. The fourth-order valence-corrected chi connectivity index (χ4v) is 4.65. The molecule has 1 saturated heterocycles. The third-order valence-electron chi connectivity index (χ3n) is 6.30. The molecule has 1 fully saturated rings. The summed E-state index contributed by atoms with van der Waals surface area (Å²) in [5, 5.41) is 15.7. The topological polar surface area (TPSA) is 98.7 Å². The number of aliphatic hydroxyl groups excluding tert-OH is 1. The number of rotatable bonds is 7. The zero-order chi connectivity index (χ0) is 21.2. The van der Waals surface area contributed by atoms with E-state index in [1.807, 2.05) is 46.8 Å². The molecule has 0 aromatic heterocycles. The summed E-state index contributed by atoms with van der Waals surface area (Å²) in [7, 11) is 1.57. The molecule has 1 heterocycles. The molecule has 0 radical (unpaired) electrons. The maximum Gasteiger partial charge on any atom is 0.243 e. The third kappa shape index (κ3) is 3.95. The Morgan fingerprint density at radius 1 is 1.21 bits per heavy atom. The Morgan fingerprint density at radius 3 is 2.36 bits per heavy atom. The van der Waals surface area contributed by atoms with E-state index in [9.17, 15) is 19.5 Å². The minimum absolute atomic E-state index is 0.0308. The van der Waals surface area contributed by atoms with Gasteiger partial charge in [0.1, 0.15) is 6.04 Å². The first-order valence-electron chi connectivity index (χ1n) is 10.3. The maximum atomic E-state index is 13.6. The Kier molecular flexibility index (Phi) is 7.26. The van der Waals surface area contributed by atoms with Crippen LogP contribution < -0.4 is 10.6 Å². The fourth-order valence-electron chi connectivity index (χ4n) is 4.65. The molecule has 0 saturated carbocycles. The molecule has 1 aliphatic heterocycles. The van der Waals surface area contributed by atoms with Crippen LogP contribution in [0.5, 0.6) is 0 Å². The minimum atomic E-state index is -0.720. The molecular weight excluding hydrogens is 358 g/mol. The number of allylic oxidation sites excluding steroid dienone is 1. The number of likely N-dealkylation sites (tertiary alicyclic amines) is 1. The Bertz CT molecular complexity index is 633. The third-order valence-corrected chi connectivity index (χ3v) is 6.30. The first-order chi connectivity index (χ1) is 13.2. The zero-order valence-corrected chi connectivity index (χ0v) is 17.8. The lowest BCUT2D eigenvalue weighted by atomic mass is 9.70. The highest BCUT2D eigenvalue weighted by atomic mass is 16.3. The van der Waals surface area contributed by atoms with Gasteiger partial charge in [-0.1, -0.05) is 39.3 Å². The first kappa shape index (κ1) is 22.4. The SMILES string of the molecule is CC[C@H](C)[C@H](CO)N1C(=O)[C@H]2[C@H](C=C[C@@H](C)[C@H]2C(=O)NC)[C@H]1C(=O)NC(C)C. The molecule has 2 rings (SSSR count). The van der Waals surface area contributed by atoms with Gasteiger partial charge in [0.05, 0.1) is 24.5 Å². The summed E-state index contributed by atoms with van der Waals surface area (Å²) < 4.78 is 0. The van der Waals surface area contributed by atoms with Gasteiger partial charge in [0.15, 0.2) is 0 Å². The van der Waals surface area contributed by atoms with Crippen molar-refractivity contribution in [2.24, 2.45) is 29.6 Å². The van der Waals surface area contributed by atoms with Crippen LogP contribution in [0.2, 0.25) is 0 Å². The molecule has 2 aliphatic rings. The summed E-state index contributed by atoms with van der Waals surface area (Å²) in [6.45, 7) is 9.43. The molecule has 7 nitrogen and oxygen atoms in total. The van der Waals surface area contributed by atoms with Crippen molar-refractivity contribution in [3.63, 3.8) is 0 Å². The number of carbonyl (C=O) groups is 3. The molecule has 7 heteroatoms. The van der Waals surface area contributed by atoms with Gasteiger partial charge in [-0.3, -0.25) is 14.4 Å². The molecule has 3 N–H and O–H groups in total. The van der Waals surface area contributed by atoms with E-state index in [2.05, 4.69) is 10.6 Å². The molecule has 7 atom stereocenters. The van der Waals surface area contributed by atoms with Crippen molar-refractivity contribution in [1.82, 2.24) is 15.5 Å². The molecule has 3 amide bonds. The standard InChI is InChI=1S/C21H35N3O4/c1-7-12(4)15(10-25)24-18(20(27)23-11(2)3)14-9-8-13(5)16(19(26)22-6)17(14)21(24)28/h8-9,11-18,25H,7,10H2,1-6H3,(H,22,26)(H,23,27)/t12-,13+,14-,15-,16+,17-,18-/m0/s1. The highest BCUT2D eigenvalue weighted by Crippen LogP contribution is 2.45. The Balaban J connectivity index is 2.54. The monoisotopic (exact) mass is 393 g/mol. The Labute approximate surface area is 167 Å². The van der Waals surface area contributed by atoms with Crippen LogP contribution in [0.15, 0.2) is 12.2 Å². The lowest BCUT2D eigenvalue weighted by molar-refractivity contribution is -0.144. The smallest absolute Gasteiger partial charge is 0.243 e. The molecule has 28 heavy (non-hydrogen) atoms. The molecule has 0 aromatic rings. The largest absolute Gasteiger partial charge is 0.394 e. The van der Waals surface area contributed by atoms with E-state index in [4.69, 9.17) is 0 Å². The summed E-state index contributed by atoms with van der Waals surface area (Å²) in [6.07, 6.45) is 4.63. The van der Waals surface area contributed by atoms with Crippen LogP contribution >= 0.6 is 0 Å². The number of aliphatic hydroxyl groups is 1. The predicted molar refractivity (Wildman–Crippen MR) is 107 cm³/mol. The summed E-state index contributed by atoms with van der Waals surface area (Å²) in [6, 6.07) is -1.25. The highest BCUT2D eigenvalue weighted by molar-refractivity contribution is 5.97. The maximum absolute atomic E-state index is 13.6. The fraction of sp³-hybridized carbons (Fsp3) is 0.762. The zero-order valence-electron chi connectivity index (χ0n) is 17.8. The second-order valence-corrected chi connectivity index (χ2v) is 8.48. The van der Waals surface area contributed by atoms with Gasteiger partial charge in [-0.2, -0.15) is 0 Å². The average Bonchev–Trinajstić information content (AvgIpc) is 2.94. The summed E-state index contributed by atoms with van der Waals surface area (Å²) >= 11 is 0. The predicted octanol–water partition coefficient (Wildman–Crippen LogP) is 0.929. The van der Waals surface area contributed by atoms with E-state index in [1.165, 1.54) is 0 Å². The van der Waals surface area contributed by atoms with Crippen molar-refractivity contribution in [2.45, 2.75) is 59.2 Å². The van der Waals surface area contributed by atoms with Crippen molar-refractivity contribution >= 4 is 17.7 Å². The van der Waals surface area contributed by atoms with Crippen LogP contribution in [0.25, 0.3) is 0 Å². The first-order valence-corrected chi connectivity index (χ1v) is 10.3. The molecule has 1 aliphatic carbocycles. The number of carbonyl (C=O) groups excluding carboxylic acids is 3. The lowest BCUT2D eigenvalue weighted by Gasteiger charge is -2.36. The van der Waals surface area contributed by atoms with Crippen LogP contribution in [-0.2, 0) is 14.4 Å². The highest BCUT2D eigenvalue weighted by Gasteiger charge is 2.58. The van der Waals surface area contributed by atoms with Crippen LogP contribution in [0, 0.1) is 29.6 Å². The average molecular weight is 394 g/mol. The van der Waals surface area contributed by atoms with E-state index in [1.54, 1.807) is 11.9 Å². The number of nitrogens with zero attached hydrogens (tertiary/aromatic N) is 1. The van der Waals surface area contributed by atoms with Crippen molar-refractivity contribution in [2.75, 3.05) is 13.7 Å². The molecule has 0 bridgehead atoms. The Morgan fingerprint density at radius 2 is 1.86 bits per heavy atom. The molecule has 0 aromatic carbocycles. The van der Waals surface area contributed by atoms with Crippen LogP contribution in [0.4, 0.5) is 0 Å². The van der Waals surface area contributed by atoms with Gasteiger partial charge >= 0.3 is 0 Å². The van der Waals surface area contributed by atoms with Crippen molar-refractivity contribution in [1.29, 1.82) is 0 Å². The van der Waals surface area contributed by atoms with Crippen molar-refractivity contribution in [3.8, 4) is 0 Å². The number of amides is 3. The van der Waals surface area contributed by atoms with E-state index < -0.39 is 23.9 Å². The van der Waals surface area contributed by atoms with Gasteiger partial charge in [-0.15, -0.1) is 0 Å². The van der Waals surface area contributed by atoms with Gasteiger partial charge in [0.25, 0.3) is 0 Å². The molecule has 0 unspecified atom stereocenters. The van der Waals surface area contributed by atoms with Gasteiger partial charge < -0.3 is 20.6 Å². The second kappa shape index (κ2) is 9.07. The lowest BCUT2D eigenvalue weighted by Crippen LogP contribution is -2.55. The number of hydrogen-bond acceptors (Lipinski definition) is 4. The van der Waals surface area contributed by atoms with Crippen LogP contribution in [-0.4, -0.2) is 59.5 Å². The minimum Gasteiger partial charge on any atom is -0.394 e. The van der Waals surface area contributed by atoms with Gasteiger partial charge in [0, 0.05) is 19.0 Å². The molecule has 0 spiro atoms. The van der Waals surface area contributed by atoms with E-state index in [-0.39, 0.29) is 48.1 Å². The Hall–Kier alpha value is -1.89. The second-order valence-electron chi connectivity index (χ2n) is 8.48. The summed E-state index contributed by atoms with van der Waals surface area (Å²) in [5.41, 5.74) is 0. The molecular formula is C21H35N3O4.